The first-order valence-electron chi connectivity index (χ1n) is 7.82. The normalized spacial score (nSPS) is 28.3. The summed E-state index contributed by atoms with van der Waals surface area (Å²) in [5, 5.41) is 0.122. The molecule has 2 saturated heterocycles. The van der Waals surface area contributed by atoms with Crippen molar-refractivity contribution >= 4 is 10.0 Å². The minimum atomic E-state index is -3.51. The van der Waals surface area contributed by atoms with Gasteiger partial charge in [-0.25, -0.2) is 13.4 Å². The van der Waals surface area contributed by atoms with Crippen molar-refractivity contribution in [3.05, 3.63) is 12.5 Å². The maximum Gasteiger partial charge on any atom is 0.262 e. The van der Waals surface area contributed by atoms with Gasteiger partial charge in [-0.15, -0.1) is 0 Å². The van der Waals surface area contributed by atoms with Gasteiger partial charge >= 0.3 is 0 Å². The van der Waals surface area contributed by atoms with Gasteiger partial charge in [0.1, 0.15) is 0 Å². The van der Waals surface area contributed by atoms with Crippen molar-refractivity contribution in [3.8, 4) is 0 Å². The number of piperidine rings is 1. The molecule has 2 aliphatic rings. The average Bonchev–Trinajstić information content (AvgIpc) is 2.84. The number of rotatable bonds is 3. The lowest BCUT2D eigenvalue weighted by molar-refractivity contribution is -0.00194. The van der Waals surface area contributed by atoms with Crippen LogP contribution in [0.1, 0.15) is 13.3 Å². The largest absolute Gasteiger partial charge is 0.375 e. The zero-order chi connectivity index (χ0) is 15.7. The molecule has 124 valence electrons. The molecule has 0 unspecified atom stereocenters. The summed E-state index contributed by atoms with van der Waals surface area (Å²) in [5.74, 6) is 0.414. The minimum absolute atomic E-state index is 0.0104. The van der Waals surface area contributed by atoms with Crippen molar-refractivity contribution in [2.24, 2.45) is 13.0 Å². The third-order valence-corrected chi connectivity index (χ3v) is 6.37. The Bertz CT molecular complexity index is 615. The van der Waals surface area contributed by atoms with E-state index in [1.165, 1.54) is 10.6 Å². The Labute approximate surface area is 131 Å². The molecule has 3 heterocycles. The van der Waals surface area contributed by atoms with Crippen LogP contribution in [0.4, 0.5) is 0 Å². The quantitative estimate of drug-likeness (QED) is 0.790. The topological polar surface area (TPSA) is 67.7 Å². The molecule has 2 atom stereocenters. The molecule has 1 aromatic rings. The molecule has 0 spiro atoms. The average molecular weight is 328 g/mol. The van der Waals surface area contributed by atoms with E-state index in [-0.39, 0.29) is 11.1 Å². The predicted molar refractivity (Wildman–Crippen MR) is 81.9 cm³/mol. The van der Waals surface area contributed by atoms with Gasteiger partial charge in [-0.2, -0.15) is 4.31 Å². The van der Waals surface area contributed by atoms with Crippen molar-refractivity contribution in [3.63, 3.8) is 0 Å². The van der Waals surface area contributed by atoms with Gasteiger partial charge in [0, 0.05) is 45.3 Å². The lowest BCUT2D eigenvalue weighted by Gasteiger charge is -2.36. The summed E-state index contributed by atoms with van der Waals surface area (Å²) in [7, 11) is -1.75. The van der Waals surface area contributed by atoms with Gasteiger partial charge in [0.15, 0.2) is 5.03 Å². The van der Waals surface area contributed by atoms with Crippen LogP contribution in [0.15, 0.2) is 17.6 Å². The first kappa shape index (κ1) is 15.9. The Hall–Kier alpha value is -0.960. The number of nitrogens with zero attached hydrogens (tertiary/aromatic N) is 4. The van der Waals surface area contributed by atoms with Gasteiger partial charge in [-0.1, -0.05) is 6.92 Å². The highest BCUT2D eigenvalue weighted by molar-refractivity contribution is 7.89. The molecular weight excluding hydrogens is 304 g/mol. The van der Waals surface area contributed by atoms with Crippen molar-refractivity contribution < 1.29 is 13.2 Å². The maximum absolute atomic E-state index is 12.7. The predicted octanol–water partition coefficient (Wildman–Crippen LogP) is 0.151. The zero-order valence-corrected chi connectivity index (χ0v) is 14.0. The number of hydrogen-bond acceptors (Lipinski definition) is 5. The number of imidazole rings is 1. The van der Waals surface area contributed by atoms with Crippen molar-refractivity contribution in [1.29, 1.82) is 0 Å². The Morgan fingerprint density at radius 2 is 2.18 bits per heavy atom. The summed E-state index contributed by atoms with van der Waals surface area (Å²) in [6.07, 6.45) is 3.89. The fourth-order valence-electron chi connectivity index (χ4n) is 3.25. The highest BCUT2D eigenvalue weighted by Crippen LogP contribution is 2.27. The van der Waals surface area contributed by atoms with Crippen LogP contribution < -0.4 is 0 Å². The molecular formula is C14H24N4O3S. The summed E-state index contributed by atoms with van der Waals surface area (Å²) in [6.45, 7) is 6.74. The first-order chi connectivity index (χ1) is 10.5. The zero-order valence-electron chi connectivity index (χ0n) is 13.2. The van der Waals surface area contributed by atoms with Gasteiger partial charge in [0.05, 0.1) is 19.0 Å². The minimum Gasteiger partial charge on any atom is -0.375 e. The Kier molecular flexibility index (Phi) is 4.54. The second-order valence-corrected chi connectivity index (χ2v) is 7.98. The van der Waals surface area contributed by atoms with Crippen LogP contribution >= 0.6 is 0 Å². The molecule has 0 aliphatic carbocycles. The summed E-state index contributed by atoms with van der Waals surface area (Å²) in [4.78, 5) is 6.38. The summed E-state index contributed by atoms with van der Waals surface area (Å²) in [5.41, 5.74) is 0. The highest BCUT2D eigenvalue weighted by atomic mass is 32.2. The molecule has 0 aromatic carbocycles. The number of fused-ring (bicyclic) bond motifs is 1. The van der Waals surface area contributed by atoms with Crippen molar-refractivity contribution in [2.45, 2.75) is 24.5 Å². The van der Waals surface area contributed by atoms with E-state index >= 15 is 0 Å². The van der Waals surface area contributed by atoms with Crippen LogP contribution in [0, 0.1) is 5.92 Å². The number of aromatic nitrogens is 2. The molecule has 0 bridgehead atoms. The fourth-order valence-corrected chi connectivity index (χ4v) is 4.68. The highest BCUT2D eigenvalue weighted by Gasteiger charge is 2.38. The van der Waals surface area contributed by atoms with Crippen LogP contribution in [0.25, 0.3) is 0 Å². The van der Waals surface area contributed by atoms with E-state index in [9.17, 15) is 8.42 Å². The van der Waals surface area contributed by atoms with Crippen LogP contribution in [-0.2, 0) is 21.8 Å². The smallest absolute Gasteiger partial charge is 0.262 e. The third kappa shape index (κ3) is 3.05. The van der Waals surface area contributed by atoms with Crippen LogP contribution in [0.2, 0.25) is 0 Å². The lowest BCUT2D eigenvalue weighted by atomic mass is 9.94. The summed E-state index contributed by atoms with van der Waals surface area (Å²) in [6, 6.07) is 0. The molecule has 0 amide bonds. The number of aryl methyl sites for hydroxylation is 1. The Balaban J connectivity index is 1.74. The van der Waals surface area contributed by atoms with Gasteiger partial charge in [0.2, 0.25) is 0 Å². The molecule has 1 aromatic heterocycles. The van der Waals surface area contributed by atoms with E-state index in [1.54, 1.807) is 17.8 Å². The SMILES string of the molecule is CCN1CCO[C@H]2CN(S(=O)(=O)c3cn(C)cn3)CC[C@H]2C1. The van der Waals surface area contributed by atoms with Gasteiger partial charge in [0.25, 0.3) is 10.0 Å². The molecule has 8 heteroatoms. The third-order valence-electron chi connectivity index (χ3n) is 4.62. The first-order valence-corrected chi connectivity index (χ1v) is 9.26. The Morgan fingerprint density at radius 3 is 2.86 bits per heavy atom. The standard InChI is InChI=1S/C14H24N4O3S/c1-3-17-6-7-21-13-9-18(5-4-12(13)8-17)22(19,20)14-10-16(2)11-15-14/h10-13H,3-9H2,1-2H3/t12-,13-/m0/s1. The van der Waals surface area contributed by atoms with Gasteiger partial charge < -0.3 is 14.2 Å². The molecule has 2 fully saturated rings. The van der Waals surface area contributed by atoms with Crippen molar-refractivity contribution in [2.75, 3.05) is 39.3 Å². The molecule has 22 heavy (non-hydrogen) atoms. The van der Waals surface area contributed by atoms with E-state index in [1.807, 2.05) is 0 Å². The number of ether oxygens (including phenoxy) is 1. The number of likely N-dealkylation sites (N-methyl/N-ethyl adjacent to an activating group) is 1. The molecule has 0 saturated carbocycles. The van der Waals surface area contributed by atoms with E-state index in [4.69, 9.17) is 4.74 Å². The van der Waals surface area contributed by atoms with E-state index in [0.717, 1.165) is 26.1 Å². The molecule has 2 aliphatic heterocycles. The molecule has 3 rings (SSSR count). The van der Waals surface area contributed by atoms with Crippen LogP contribution in [0.5, 0.6) is 0 Å². The molecule has 7 nitrogen and oxygen atoms in total. The maximum atomic E-state index is 12.7. The van der Waals surface area contributed by atoms with E-state index in [0.29, 0.717) is 25.6 Å². The van der Waals surface area contributed by atoms with Gasteiger partial charge in [-0.05, 0) is 13.0 Å². The monoisotopic (exact) mass is 328 g/mol. The van der Waals surface area contributed by atoms with Crippen molar-refractivity contribution in [1.82, 2.24) is 18.8 Å². The van der Waals surface area contributed by atoms with E-state index < -0.39 is 10.0 Å². The second-order valence-electron chi connectivity index (χ2n) is 6.09. The van der Waals surface area contributed by atoms with Gasteiger partial charge in [-0.3, -0.25) is 0 Å². The van der Waals surface area contributed by atoms with Crippen LogP contribution in [0.3, 0.4) is 0 Å². The molecule has 0 radical (unpaired) electrons. The fraction of sp³-hybridized carbons (Fsp3) is 0.786. The summed E-state index contributed by atoms with van der Waals surface area (Å²) >= 11 is 0. The lowest BCUT2D eigenvalue weighted by Crippen LogP contribution is -2.49. The number of sulfonamides is 1. The Morgan fingerprint density at radius 1 is 1.36 bits per heavy atom. The van der Waals surface area contributed by atoms with E-state index in [2.05, 4.69) is 16.8 Å². The summed E-state index contributed by atoms with van der Waals surface area (Å²) < 4.78 is 34.4. The number of hydrogen-bond donors (Lipinski definition) is 0. The second kappa shape index (κ2) is 6.27. The molecule has 0 N–H and O–H groups in total. The van der Waals surface area contributed by atoms with Crippen LogP contribution in [-0.4, -0.2) is 72.6 Å².